The fourth-order valence-electron chi connectivity index (χ4n) is 2.41. The minimum Gasteiger partial charge on any atom is -0.496 e. The van der Waals surface area contributed by atoms with Crippen LogP contribution < -0.4 is 9.47 Å². The number of nitrogens with zero attached hydrogens (tertiary/aromatic N) is 4. The molecule has 0 unspecified atom stereocenters. The van der Waals surface area contributed by atoms with Gasteiger partial charge in [-0.25, -0.2) is 0 Å². The van der Waals surface area contributed by atoms with E-state index >= 15 is 0 Å². The number of aromatic nitrogens is 3. The third kappa shape index (κ3) is 4.40. The van der Waals surface area contributed by atoms with Crippen LogP contribution in [0.1, 0.15) is 22.5 Å². The molecule has 3 rings (SSSR count). The monoisotopic (exact) mass is 379 g/mol. The smallest absolute Gasteiger partial charge is 0.216 e. The van der Waals surface area contributed by atoms with Crippen LogP contribution in [0, 0.1) is 23.0 Å². The first-order chi connectivity index (χ1) is 13.1. The molecule has 1 heterocycles. The van der Waals surface area contributed by atoms with Crippen LogP contribution in [-0.4, -0.2) is 28.2 Å². The molecule has 0 fully saturated rings. The van der Waals surface area contributed by atoms with Crippen LogP contribution in [0.5, 0.6) is 11.5 Å². The van der Waals surface area contributed by atoms with E-state index in [1.165, 1.54) is 0 Å². The van der Waals surface area contributed by atoms with Crippen molar-refractivity contribution in [2.24, 2.45) is 5.10 Å². The highest BCUT2D eigenvalue weighted by atomic mass is 32.1. The average Bonchev–Trinajstić information content (AvgIpc) is 3.02. The molecule has 1 N–H and O–H groups in total. The van der Waals surface area contributed by atoms with Crippen molar-refractivity contribution < 1.29 is 9.47 Å². The Morgan fingerprint density at radius 2 is 2.07 bits per heavy atom. The second-order valence-electron chi connectivity index (χ2n) is 5.63. The summed E-state index contributed by atoms with van der Waals surface area (Å²) < 4.78 is 13.2. The van der Waals surface area contributed by atoms with Gasteiger partial charge in [0.05, 0.1) is 25.0 Å². The Kier molecular flexibility index (Phi) is 5.64. The van der Waals surface area contributed by atoms with E-state index in [9.17, 15) is 0 Å². The van der Waals surface area contributed by atoms with Gasteiger partial charge in [0, 0.05) is 5.56 Å². The van der Waals surface area contributed by atoms with Gasteiger partial charge in [0.15, 0.2) is 0 Å². The first-order valence-corrected chi connectivity index (χ1v) is 8.50. The number of H-pyrrole nitrogens is 1. The van der Waals surface area contributed by atoms with Gasteiger partial charge in [-0.1, -0.05) is 0 Å². The highest BCUT2D eigenvalue weighted by Crippen LogP contribution is 2.22. The van der Waals surface area contributed by atoms with Crippen LogP contribution in [0.4, 0.5) is 0 Å². The second-order valence-corrected chi connectivity index (χ2v) is 6.02. The number of aromatic amines is 1. The van der Waals surface area contributed by atoms with Crippen molar-refractivity contribution in [2.75, 3.05) is 7.11 Å². The molecule has 0 bridgehead atoms. The number of nitriles is 1. The minimum absolute atomic E-state index is 0.320. The molecule has 27 heavy (non-hydrogen) atoms. The quantitative estimate of drug-likeness (QED) is 0.522. The van der Waals surface area contributed by atoms with E-state index in [1.807, 2.05) is 25.1 Å². The molecule has 0 aliphatic rings. The maximum absolute atomic E-state index is 8.85. The maximum atomic E-state index is 8.85. The second kappa shape index (κ2) is 8.29. The van der Waals surface area contributed by atoms with Crippen LogP contribution in [0.3, 0.4) is 0 Å². The molecule has 0 radical (unpaired) electrons. The predicted octanol–water partition coefficient (Wildman–Crippen LogP) is 3.59. The molecule has 1 aromatic heterocycles. The molecular weight excluding hydrogens is 362 g/mol. The number of methoxy groups -OCH3 is 1. The number of hydrogen-bond acceptors (Lipinski definition) is 6. The van der Waals surface area contributed by atoms with Crippen LogP contribution >= 0.6 is 12.2 Å². The van der Waals surface area contributed by atoms with Gasteiger partial charge < -0.3 is 9.47 Å². The van der Waals surface area contributed by atoms with Crippen molar-refractivity contribution >= 4 is 18.4 Å². The molecule has 0 aliphatic carbocycles. The lowest BCUT2D eigenvalue weighted by molar-refractivity contribution is 0.296. The summed E-state index contributed by atoms with van der Waals surface area (Å²) in [4.78, 5) is 0. The SMILES string of the molecule is COc1ccc(/C=N\n2c(C)n[nH]c2=S)cc1COc1ccc(C#N)cc1. The van der Waals surface area contributed by atoms with Gasteiger partial charge >= 0.3 is 0 Å². The number of ether oxygens (including phenoxy) is 2. The molecule has 0 spiro atoms. The van der Waals surface area contributed by atoms with Crippen molar-refractivity contribution in [3.63, 3.8) is 0 Å². The number of hydrogen-bond donors (Lipinski definition) is 1. The van der Waals surface area contributed by atoms with Crippen LogP contribution in [-0.2, 0) is 6.61 Å². The molecular formula is C19H17N5O2S. The first-order valence-electron chi connectivity index (χ1n) is 8.09. The van der Waals surface area contributed by atoms with Gasteiger partial charge in [-0.2, -0.15) is 20.1 Å². The van der Waals surface area contributed by atoms with Crippen molar-refractivity contribution in [3.8, 4) is 17.6 Å². The summed E-state index contributed by atoms with van der Waals surface area (Å²) in [5, 5.41) is 19.9. The first kappa shape index (κ1) is 18.4. The van der Waals surface area contributed by atoms with Gasteiger partial charge in [-0.05, 0) is 67.2 Å². The lowest BCUT2D eigenvalue weighted by Crippen LogP contribution is -2.00. The van der Waals surface area contributed by atoms with Gasteiger partial charge in [0.1, 0.15) is 23.9 Å². The summed E-state index contributed by atoms with van der Waals surface area (Å²) in [5.41, 5.74) is 2.33. The van der Waals surface area contributed by atoms with Crippen molar-refractivity contribution in [1.82, 2.24) is 14.9 Å². The molecule has 0 amide bonds. The zero-order valence-corrected chi connectivity index (χ0v) is 15.7. The predicted molar refractivity (Wildman–Crippen MR) is 104 cm³/mol. The summed E-state index contributed by atoms with van der Waals surface area (Å²) in [6.07, 6.45) is 1.70. The topological polar surface area (TPSA) is 88.2 Å². The molecule has 0 saturated heterocycles. The van der Waals surface area contributed by atoms with Gasteiger partial charge in [-0.15, -0.1) is 0 Å². The fraction of sp³-hybridized carbons (Fsp3) is 0.158. The van der Waals surface area contributed by atoms with Crippen LogP contribution in [0.15, 0.2) is 47.6 Å². The fourth-order valence-corrected chi connectivity index (χ4v) is 2.63. The van der Waals surface area contributed by atoms with E-state index < -0.39 is 0 Å². The van der Waals surface area contributed by atoms with Crippen LogP contribution in [0.2, 0.25) is 0 Å². The van der Waals surface area contributed by atoms with E-state index in [4.69, 9.17) is 27.0 Å². The average molecular weight is 379 g/mol. The summed E-state index contributed by atoms with van der Waals surface area (Å²) in [5.74, 6) is 2.07. The standard InChI is InChI=1S/C19H17N5O2S/c1-13-22-23-19(27)24(13)21-11-15-5-8-18(25-2)16(9-15)12-26-17-6-3-14(10-20)4-7-17/h3-9,11H,12H2,1-2H3,(H,23,27)/b21-11-. The van der Waals surface area contributed by atoms with E-state index in [-0.39, 0.29) is 0 Å². The van der Waals surface area contributed by atoms with E-state index in [1.54, 1.807) is 42.3 Å². The Morgan fingerprint density at radius 3 is 2.70 bits per heavy atom. The zero-order valence-electron chi connectivity index (χ0n) is 14.8. The third-order valence-electron chi connectivity index (χ3n) is 3.82. The van der Waals surface area contributed by atoms with Gasteiger partial charge in [-0.3, -0.25) is 5.10 Å². The molecule has 136 valence electrons. The summed E-state index contributed by atoms with van der Waals surface area (Å²) >= 11 is 5.14. The maximum Gasteiger partial charge on any atom is 0.216 e. The van der Waals surface area contributed by atoms with Crippen LogP contribution in [0.25, 0.3) is 0 Å². The molecule has 0 saturated carbocycles. The van der Waals surface area contributed by atoms with E-state index in [0.717, 1.165) is 16.9 Å². The summed E-state index contributed by atoms with van der Waals surface area (Å²) in [6.45, 7) is 2.13. The normalized spacial score (nSPS) is 10.7. The summed E-state index contributed by atoms with van der Waals surface area (Å²) in [6, 6.07) is 14.7. The number of aryl methyl sites for hydroxylation is 1. The number of rotatable bonds is 6. The summed E-state index contributed by atoms with van der Waals surface area (Å²) in [7, 11) is 1.61. The van der Waals surface area contributed by atoms with E-state index in [2.05, 4.69) is 21.4 Å². The van der Waals surface area contributed by atoms with Crippen molar-refractivity contribution in [1.29, 1.82) is 5.26 Å². The third-order valence-corrected chi connectivity index (χ3v) is 4.08. The van der Waals surface area contributed by atoms with Crippen molar-refractivity contribution in [2.45, 2.75) is 13.5 Å². The number of benzene rings is 2. The molecule has 8 heteroatoms. The number of nitrogens with one attached hydrogen (secondary N) is 1. The zero-order chi connectivity index (χ0) is 19.2. The molecule has 7 nitrogen and oxygen atoms in total. The Labute approximate surface area is 161 Å². The van der Waals surface area contributed by atoms with E-state index in [0.29, 0.717) is 28.5 Å². The molecule has 2 aromatic carbocycles. The lowest BCUT2D eigenvalue weighted by Gasteiger charge is -2.11. The lowest BCUT2D eigenvalue weighted by atomic mass is 10.1. The molecule has 0 atom stereocenters. The largest absolute Gasteiger partial charge is 0.496 e. The Morgan fingerprint density at radius 1 is 1.30 bits per heavy atom. The Hall–Kier alpha value is -3.44. The molecule has 0 aliphatic heterocycles. The highest BCUT2D eigenvalue weighted by molar-refractivity contribution is 7.71. The minimum atomic E-state index is 0.320. The Balaban J connectivity index is 1.78. The highest BCUT2D eigenvalue weighted by Gasteiger charge is 2.06. The van der Waals surface area contributed by atoms with Gasteiger partial charge in [0.2, 0.25) is 4.77 Å². The van der Waals surface area contributed by atoms with Crippen molar-refractivity contribution in [3.05, 3.63) is 69.8 Å². The Bertz CT molecular complexity index is 1060. The molecule has 3 aromatic rings. The van der Waals surface area contributed by atoms with Gasteiger partial charge in [0.25, 0.3) is 0 Å².